The van der Waals surface area contributed by atoms with Crippen molar-refractivity contribution in [3.05, 3.63) is 0 Å². The number of nitrogens with one attached hydrogen (secondary N) is 2. The van der Waals surface area contributed by atoms with Crippen molar-refractivity contribution in [1.29, 1.82) is 0 Å². The number of carbonyl (C=O) groups is 1. The summed E-state index contributed by atoms with van der Waals surface area (Å²) in [6.45, 7) is 6.71. The highest BCUT2D eigenvalue weighted by Crippen LogP contribution is 2.30. The van der Waals surface area contributed by atoms with Crippen molar-refractivity contribution in [2.24, 2.45) is 5.92 Å². The minimum absolute atomic E-state index is 0. The molecule has 0 aromatic rings. The van der Waals surface area contributed by atoms with E-state index in [-0.39, 0.29) is 42.2 Å². The lowest BCUT2D eigenvalue weighted by Gasteiger charge is -2.48. The summed E-state index contributed by atoms with van der Waals surface area (Å²) in [5.41, 5.74) is 0.135. The molecule has 0 aromatic carbocycles. The van der Waals surface area contributed by atoms with Gasteiger partial charge in [-0.15, -0.1) is 24.8 Å². The molecular weight excluding hydrogens is 349 g/mol. The van der Waals surface area contributed by atoms with Gasteiger partial charge >= 0.3 is 0 Å². The van der Waals surface area contributed by atoms with Gasteiger partial charge in [0, 0.05) is 31.8 Å². The van der Waals surface area contributed by atoms with Crippen molar-refractivity contribution < 1.29 is 9.53 Å². The molecule has 3 aliphatic rings. The summed E-state index contributed by atoms with van der Waals surface area (Å²) in [6.07, 6.45) is 8.18. The Labute approximate surface area is 158 Å². The van der Waals surface area contributed by atoms with Crippen molar-refractivity contribution in [2.45, 2.75) is 50.5 Å². The van der Waals surface area contributed by atoms with Crippen LogP contribution in [-0.4, -0.2) is 62.3 Å². The number of nitrogens with zero attached hydrogens (tertiary/aromatic N) is 1. The Kier molecular flexibility index (Phi) is 9.90. The SMILES string of the molecule is Cl.Cl.O=C(NCC1(N2CCCCC2)CCOCC1)C1CCCNC1. The third kappa shape index (κ3) is 5.46. The van der Waals surface area contributed by atoms with Gasteiger partial charge in [-0.1, -0.05) is 6.42 Å². The number of hydrogen-bond donors (Lipinski definition) is 2. The van der Waals surface area contributed by atoms with Gasteiger partial charge in [-0.3, -0.25) is 9.69 Å². The molecule has 3 rings (SSSR count). The van der Waals surface area contributed by atoms with E-state index in [1.54, 1.807) is 0 Å². The molecule has 24 heavy (non-hydrogen) atoms. The Bertz CT molecular complexity index is 367. The van der Waals surface area contributed by atoms with Gasteiger partial charge < -0.3 is 15.4 Å². The summed E-state index contributed by atoms with van der Waals surface area (Å²) in [4.78, 5) is 15.1. The number of carbonyl (C=O) groups excluding carboxylic acids is 1. The van der Waals surface area contributed by atoms with Crippen LogP contribution in [0.1, 0.15) is 44.9 Å². The molecular formula is C17H33Cl2N3O2. The van der Waals surface area contributed by atoms with Crippen molar-refractivity contribution in [1.82, 2.24) is 15.5 Å². The second-order valence-corrected chi connectivity index (χ2v) is 7.15. The largest absolute Gasteiger partial charge is 0.381 e. The molecule has 3 heterocycles. The highest BCUT2D eigenvalue weighted by atomic mass is 35.5. The van der Waals surface area contributed by atoms with Gasteiger partial charge in [0.25, 0.3) is 0 Å². The van der Waals surface area contributed by atoms with Gasteiger partial charge in [0.05, 0.1) is 5.92 Å². The van der Waals surface area contributed by atoms with E-state index in [9.17, 15) is 4.79 Å². The van der Waals surface area contributed by atoms with Crippen molar-refractivity contribution in [3.8, 4) is 0 Å². The van der Waals surface area contributed by atoms with E-state index in [4.69, 9.17) is 4.74 Å². The summed E-state index contributed by atoms with van der Waals surface area (Å²) >= 11 is 0. The predicted molar refractivity (Wildman–Crippen MR) is 101 cm³/mol. The second-order valence-electron chi connectivity index (χ2n) is 7.15. The van der Waals surface area contributed by atoms with Crippen LogP contribution in [0.15, 0.2) is 0 Å². The third-order valence-electron chi connectivity index (χ3n) is 5.71. The molecule has 1 amide bonds. The average molecular weight is 382 g/mol. The lowest BCUT2D eigenvalue weighted by molar-refractivity contribution is -0.127. The fourth-order valence-electron chi connectivity index (χ4n) is 4.20. The molecule has 3 saturated heterocycles. The monoisotopic (exact) mass is 381 g/mol. The molecule has 3 fully saturated rings. The maximum absolute atomic E-state index is 12.5. The van der Waals surface area contributed by atoms with E-state index < -0.39 is 0 Å². The number of rotatable bonds is 4. The summed E-state index contributed by atoms with van der Waals surface area (Å²) in [5.74, 6) is 0.405. The smallest absolute Gasteiger partial charge is 0.224 e. The zero-order valence-electron chi connectivity index (χ0n) is 14.6. The summed E-state index contributed by atoms with van der Waals surface area (Å²) in [6, 6.07) is 0. The number of piperidine rings is 2. The Balaban J connectivity index is 0.00000144. The van der Waals surface area contributed by atoms with E-state index in [0.717, 1.165) is 58.5 Å². The average Bonchev–Trinajstić information content (AvgIpc) is 2.62. The lowest BCUT2D eigenvalue weighted by atomic mass is 9.85. The fourth-order valence-corrected chi connectivity index (χ4v) is 4.20. The first-order valence-corrected chi connectivity index (χ1v) is 9.11. The van der Waals surface area contributed by atoms with E-state index in [1.807, 2.05) is 0 Å². The summed E-state index contributed by atoms with van der Waals surface area (Å²) in [7, 11) is 0. The van der Waals surface area contributed by atoms with Crippen LogP contribution < -0.4 is 10.6 Å². The van der Waals surface area contributed by atoms with Crippen LogP contribution in [0.5, 0.6) is 0 Å². The molecule has 1 unspecified atom stereocenters. The Morgan fingerprint density at radius 2 is 1.83 bits per heavy atom. The van der Waals surface area contributed by atoms with Gasteiger partial charge in [0.15, 0.2) is 0 Å². The topological polar surface area (TPSA) is 53.6 Å². The highest BCUT2D eigenvalue weighted by Gasteiger charge is 2.39. The number of halogens is 2. The number of ether oxygens (including phenoxy) is 1. The zero-order chi connectivity index (χ0) is 15.3. The number of likely N-dealkylation sites (tertiary alicyclic amines) is 1. The first kappa shape index (κ1) is 22.0. The van der Waals surface area contributed by atoms with E-state index in [2.05, 4.69) is 15.5 Å². The Morgan fingerprint density at radius 3 is 2.46 bits per heavy atom. The van der Waals surface area contributed by atoms with Crippen LogP contribution in [0.4, 0.5) is 0 Å². The van der Waals surface area contributed by atoms with Gasteiger partial charge in [0.1, 0.15) is 0 Å². The van der Waals surface area contributed by atoms with Crippen LogP contribution in [0, 0.1) is 5.92 Å². The van der Waals surface area contributed by atoms with Crippen molar-refractivity contribution in [3.63, 3.8) is 0 Å². The van der Waals surface area contributed by atoms with Crippen molar-refractivity contribution >= 4 is 30.7 Å². The first-order valence-electron chi connectivity index (χ1n) is 9.11. The van der Waals surface area contributed by atoms with E-state index in [1.165, 1.54) is 32.4 Å². The molecule has 5 nitrogen and oxygen atoms in total. The van der Waals surface area contributed by atoms with Gasteiger partial charge in [-0.25, -0.2) is 0 Å². The van der Waals surface area contributed by atoms with Crippen molar-refractivity contribution in [2.75, 3.05) is 45.9 Å². The van der Waals surface area contributed by atoms with E-state index in [0.29, 0.717) is 0 Å². The van der Waals surface area contributed by atoms with E-state index >= 15 is 0 Å². The molecule has 0 saturated carbocycles. The molecule has 0 bridgehead atoms. The second kappa shape index (κ2) is 10.8. The van der Waals surface area contributed by atoms with Crippen LogP contribution in [0.3, 0.4) is 0 Å². The highest BCUT2D eigenvalue weighted by molar-refractivity contribution is 5.85. The summed E-state index contributed by atoms with van der Waals surface area (Å²) < 4.78 is 5.59. The Hall–Kier alpha value is -0.0700. The van der Waals surface area contributed by atoms with Crippen LogP contribution >= 0.6 is 24.8 Å². The fraction of sp³-hybridized carbons (Fsp3) is 0.941. The number of amides is 1. The quantitative estimate of drug-likeness (QED) is 0.781. The third-order valence-corrected chi connectivity index (χ3v) is 5.71. The lowest BCUT2D eigenvalue weighted by Crippen LogP contribution is -2.60. The van der Waals surface area contributed by atoms with Gasteiger partial charge in [-0.05, 0) is 58.2 Å². The molecule has 0 aliphatic carbocycles. The molecule has 0 radical (unpaired) electrons. The number of hydrogen-bond acceptors (Lipinski definition) is 4. The minimum Gasteiger partial charge on any atom is -0.381 e. The van der Waals surface area contributed by atoms with Crippen LogP contribution in [0.2, 0.25) is 0 Å². The standard InChI is InChI=1S/C17H31N3O2.2ClH/c21-16(15-5-4-8-18-13-15)19-14-17(6-11-22-12-7-17)20-9-2-1-3-10-20;;/h15,18H,1-14H2,(H,19,21);2*1H. The van der Waals surface area contributed by atoms with Gasteiger partial charge in [0.2, 0.25) is 5.91 Å². The predicted octanol–water partition coefficient (Wildman–Crippen LogP) is 1.98. The van der Waals surface area contributed by atoms with Crippen LogP contribution in [0.25, 0.3) is 0 Å². The normalized spacial score (nSPS) is 27.4. The first-order chi connectivity index (χ1) is 10.8. The minimum atomic E-state index is 0. The maximum atomic E-state index is 12.5. The summed E-state index contributed by atoms with van der Waals surface area (Å²) in [5, 5.41) is 6.62. The zero-order valence-corrected chi connectivity index (χ0v) is 16.2. The molecule has 142 valence electrons. The molecule has 2 N–H and O–H groups in total. The van der Waals surface area contributed by atoms with Gasteiger partial charge in [-0.2, -0.15) is 0 Å². The van der Waals surface area contributed by atoms with Crippen LogP contribution in [-0.2, 0) is 9.53 Å². The molecule has 1 atom stereocenters. The molecule has 3 aliphatic heterocycles. The Morgan fingerprint density at radius 1 is 1.12 bits per heavy atom. The molecule has 7 heteroatoms. The molecule has 0 spiro atoms. The molecule has 0 aromatic heterocycles. The maximum Gasteiger partial charge on any atom is 0.224 e.